The van der Waals surface area contributed by atoms with Crippen molar-refractivity contribution in [2.24, 2.45) is 0 Å². The number of hydrogen-bond donors (Lipinski definition) is 2. The first kappa shape index (κ1) is 25.9. The van der Waals surface area contributed by atoms with Crippen LogP contribution in [0.5, 0.6) is 11.5 Å². The molecule has 0 aliphatic carbocycles. The first-order valence-corrected chi connectivity index (χ1v) is 13.0. The highest BCUT2D eigenvalue weighted by molar-refractivity contribution is 8.00. The van der Waals surface area contributed by atoms with Gasteiger partial charge in [0.1, 0.15) is 5.52 Å². The summed E-state index contributed by atoms with van der Waals surface area (Å²) in [5.74, 6) is 1.42. The van der Waals surface area contributed by atoms with Crippen molar-refractivity contribution in [1.82, 2.24) is 4.98 Å². The SMILES string of the molecule is COc1ccc(C(=O)Nc2ccc(SCC(=O)Nc3ccc(-c4nc5ccccc5o4)cc3)cc2)cc1OC. The number of nitrogens with one attached hydrogen (secondary N) is 2. The summed E-state index contributed by atoms with van der Waals surface area (Å²) in [6.45, 7) is 0. The lowest BCUT2D eigenvalue weighted by Gasteiger charge is -2.10. The van der Waals surface area contributed by atoms with Crippen LogP contribution in [0.25, 0.3) is 22.6 Å². The Morgan fingerprint density at radius 2 is 1.51 bits per heavy atom. The van der Waals surface area contributed by atoms with Crippen molar-refractivity contribution in [3.8, 4) is 23.0 Å². The summed E-state index contributed by atoms with van der Waals surface area (Å²) in [4.78, 5) is 30.5. The molecule has 2 N–H and O–H groups in total. The van der Waals surface area contributed by atoms with E-state index in [2.05, 4.69) is 15.6 Å². The van der Waals surface area contributed by atoms with Gasteiger partial charge >= 0.3 is 0 Å². The van der Waals surface area contributed by atoms with Crippen LogP contribution in [-0.2, 0) is 4.79 Å². The Kier molecular flexibility index (Phi) is 7.79. The number of ether oxygens (including phenoxy) is 2. The number of hydrogen-bond acceptors (Lipinski definition) is 7. The fourth-order valence-corrected chi connectivity index (χ4v) is 4.55. The Morgan fingerprint density at radius 1 is 0.821 bits per heavy atom. The van der Waals surface area contributed by atoms with Gasteiger partial charge in [0.25, 0.3) is 5.91 Å². The molecule has 0 radical (unpaired) electrons. The third kappa shape index (κ3) is 6.22. The average Bonchev–Trinajstić information content (AvgIpc) is 3.41. The Morgan fingerprint density at radius 3 is 2.23 bits per heavy atom. The van der Waals surface area contributed by atoms with Gasteiger partial charge in [-0.2, -0.15) is 0 Å². The second-order valence-corrected chi connectivity index (χ2v) is 9.50. The Bertz CT molecular complexity index is 1580. The molecule has 5 rings (SSSR count). The number of carbonyl (C=O) groups excluding carboxylic acids is 2. The number of carbonyl (C=O) groups is 2. The second-order valence-electron chi connectivity index (χ2n) is 8.45. The van der Waals surface area contributed by atoms with E-state index in [4.69, 9.17) is 13.9 Å². The molecule has 2 amide bonds. The fraction of sp³-hybridized carbons (Fsp3) is 0.100. The van der Waals surface area contributed by atoms with Gasteiger partial charge in [0.2, 0.25) is 11.8 Å². The molecule has 9 heteroatoms. The van der Waals surface area contributed by atoms with Gasteiger partial charge in [-0.05, 0) is 78.9 Å². The number of aromatic nitrogens is 1. The number of nitrogens with zero attached hydrogens (tertiary/aromatic N) is 1. The van der Waals surface area contributed by atoms with Crippen molar-refractivity contribution in [1.29, 1.82) is 0 Å². The lowest BCUT2D eigenvalue weighted by atomic mass is 10.2. The first-order chi connectivity index (χ1) is 19.0. The fourth-order valence-electron chi connectivity index (χ4n) is 3.85. The standard InChI is InChI=1S/C30H25N3O5S/c1-36-26-16-9-20(17-27(26)37-2)29(35)32-22-12-14-23(15-13-22)39-18-28(34)31-21-10-7-19(8-11-21)30-33-24-5-3-4-6-25(24)38-30/h3-17H,18H2,1-2H3,(H,31,34)(H,32,35). The predicted molar refractivity (Wildman–Crippen MR) is 153 cm³/mol. The summed E-state index contributed by atoms with van der Waals surface area (Å²) in [5.41, 5.74) is 4.14. The van der Waals surface area contributed by atoms with Gasteiger partial charge in [-0.3, -0.25) is 9.59 Å². The molecule has 1 heterocycles. The number of thioether (sulfide) groups is 1. The van der Waals surface area contributed by atoms with Crippen LogP contribution in [0.15, 0.2) is 100 Å². The Balaban J connectivity index is 1.12. The number of oxazole rings is 1. The molecule has 0 bridgehead atoms. The van der Waals surface area contributed by atoms with Crippen molar-refractivity contribution in [2.75, 3.05) is 30.6 Å². The van der Waals surface area contributed by atoms with E-state index in [1.54, 1.807) is 37.4 Å². The molecule has 39 heavy (non-hydrogen) atoms. The van der Waals surface area contributed by atoms with E-state index in [1.165, 1.54) is 18.9 Å². The molecule has 5 aromatic rings. The minimum absolute atomic E-state index is 0.125. The van der Waals surface area contributed by atoms with Crippen LogP contribution >= 0.6 is 11.8 Å². The van der Waals surface area contributed by atoms with Gasteiger partial charge < -0.3 is 24.5 Å². The van der Waals surface area contributed by atoms with Crippen molar-refractivity contribution in [3.63, 3.8) is 0 Å². The Hall–Kier alpha value is -4.76. The predicted octanol–water partition coefficient (Wildman–Crippen LogP) is 6.50. The minimum atomic E-state index is -0.266. The van der Waals surface area contributed by atoms with Crippen molar-refractivity contribution in [3.05, 3.63) is 96.6 Å². The van der Waals surface area contributed by atoms with E-state index in [0.717, 1.165) is 21.6 Å². The summed E-state index contributed by atoms with van der Waals surface area (Å²) in [7, 11) is 3.06. The molecular weight excluding hydrogens is 514 g/mol. The highest BCUT2D eigenvalue weighted by Gasteiger charge is 2.12. The maximum absolute atomic E-state index is 12.6. The lowest BCUT2D eigenvalue weighted by Crippen LogP contribution is -2.14. The normalized spacial score (nSPS) is 10.7. The van der Waals surface area contributed by atoms with Gasteiger partial charge in [-0.1, -0.05) is 12.1 Å². The van der Waals surface area contributed by atoms with Crippen LogP contribution in [0.1, 0.15) is 10.4 Å². The molecule has 0 aliphatic heterocycles. The van der Waals surface area contributed by atoms with Crippen LogP contribution in [-0.4, -0.2) is 36.8 Å². The van der Waals surface area contributed by atoms with Crippen LogP contribution in [0, 0.1) is 0 Å². The zero-order chi connectivity index (χ0) is 27.2. The number of fused-ring (bicyclic) bond motifs is 1. The molecule has 0 atom stereocenters. The number of anilines is 2. The second kappa shape index (κ2) is 11.7. The molecule has 0 aliphatic rings. The molecular formula is C30H25N3O5S. The third-order valence-electron chi connectivity index (χ3n) is 5.84. The quantitative estimate of drug-likeness (QED) is 0.206. The smallest absolute Gasteiger partial charge is 0.255 e. The molecule has 0 fully saturated rings. The zero-order valence-corrected chi connectivity index (χ0v) is 22.1. The van der Waals surface area contributed by atoms with E-state index >= 15 is 0 Å². The molecule has 4 aromatic carbocycles. The number of rotatable bonds is 9. The number of amides is 2. The van der Waals surface area contributed by atoms with Gasteiger partial charge in [0, 0.05) is 27.4 Å². The van der Waals surface area contributed by atoms with Crippen molar-refractivity contribution in [2.45, 2.75) is 4.90 Å². The zero-order valence-electron chi connectivity index (χ0n) is 21.3. The van der Waals surface area contributed by atoms with E-state index in [1.807, 2.05) is 60.7 Å². The summed E-state index contributed by atoms with van der Waals surface area (Å²) in [5, 5.41) is 5.76. The molecule has 0 spiro atoms. The third-order valence-corrected chi connectivity index (χ3v) is 6.85. The number of benzene rings is 4. The monoisotopic (exact) mass is 539 g/mol. The van der Waals surface area contributed by atoms with Crippen LogP contribution in [0.4, 0.5) is 11.4 Å². The first-order valence-electron chi connectivity index (χ1n) is 12.0. The summed E-state index contributed by atoms with van der Waals surface area (Å²) in [6.07, 6.45) is 0. The molecule has 0 saturated heterocycles. The van der Waals surface area contributed by atoms with Gasteiger partial charge in [-0.25, -0.2) is 4.98 Å². The Labute approximate surface area is 229 Å². The molecule has 0 saturated carbocycles. The van der Waals surface area contributed by atoms with E-state index < -0.39 is 0 Å². The number of para-hydroxylation sites is 2. The highest BCUT2D eigenvalue weighted by atomic mass is 32.2. The maximum atomic E-state index is 12.6. The summed E-state index contributed by atoms with van der Waals surface area (Å²) >= 11 is 1.40. The number of methoxy groups -OCH3 is 2. The largest absolute Gasteiger partial charge is 0.493 e. The maximum Gasteiger partial charge on any atom is 0.255 e. The van der Waals surface area contributed by atoms with Crippen LogP contribution < -0.4 is 20.1 Å². The van der Waals surface area contributed by atoms with E-state index in [9.17, 15) is 9.59 Å². The van der Waals surface area contributed by atoms with Gasteiger partial charge in [0.15, 0.2) is 17.1 Å². The minimum Gasteiger partial charge on any atom is -0.493 e. The molecule has 1 aromatic heterocycles. The topological polar surface area (TPSA) is 103 Å². The summed E-state index contributed by atoms with van der Waals surface area (Å²) < 4.78 is 16.3. The molecule has 196 valence electrons. The van der Waals surface area contributed by atoms with E-state index in [-0.39, 0.29) is 17.6 Å². The lowest BCUT2D eigenvalue weighted by molar-refractivity contribution is -0.113. The highest BCUT2D eigenvalue weighted by Crippen LogP contribution is 2.29. The van der Waals surface area contributed by atoms with Crippen LogP contribution in [0.2, 0.25) is 0 Å². The van der Waals surface area contributed by atoms with E-state index in [0.29, 0.717) is 34.3 Å². The molecule has 8 nitrogen and oxygen atoms in total. The van der Waals surface area contributed by atoms with Gasteiger partial charge in [0.05, 0.1) is 20.0 Å². The molecule has 0 unspecified atom stereocenters. The van der Waals surface area contributed by atoms with Crippen molar-refractivity contribution < 1.29 is 23.5 Å². The van der Waals surface area contributed by atoms with Crippen molar-refractivity contribution >= 4 is 46.1 Å². The van der Waals surface area contributed by atoms with Gasteiger partial charge in [-0.15, -0.1) is 11.8 Å². The summed E-state index contributed by atoms with van der Waals surface area (Å²) in [6, 6.07) is 27.3. The van der Waals surface area contributed by atoms with Crippen LogP contribution in [0.3, 0.4) is 0 Å². The average molecular weight is 540 g/mol.